The van der Waals surface area contributed by atoms with Crippen LogP contribution in [0.2, 0.25) is 10.0 Å². The smallest absolute Gasteiger partial charge is 0.0874 e. The van der Waals surface area contributed by atoms with Crippen LogP contribution in [0, 0.1) is 6.92 Å². The average Bonchev–Trinajstić information content (AvgIpc) is 2.59. The number of aryl methyl sites for hydroxylation is 1. The van der Waals surface area contributed by atoms with Crippen molar-refractivity contribution >= 4 is 34.6 Å². The highest BCUT2D eigenvalue weighted by atomic mass is 35.5. The second-order valence-corrected chi connectivity index (χ2v) is 6.10. The van der Waals surface area contributed by atoms with Crippen molar-refractivity contribution in [1.82, 2.24) is 0 Å². The molecule has 0 N–H and O–H groups in total. The lowest BCUT2D eigenvalue weighted by Crippen LogP contribution is -2.33. The minimum Gasteiger partial charge on any atom is -0.255 e. The first-order valence-electron chi connectivity index (χ1n) is 6.11. The Kier molecular flexibility index (Phi) is 2.53. The van der Waals surface area contributed by atoms with Crippen molar-refractivity contribution in [1.29, 1.82) is 0 Å². The molecule has 3 rings (SSSR count). The number of rotatable bonds is 0. The van der Waals surface area contributed by atoms with Crippen LogP contribution >= 0.6 is 23.2 Å². The van der Waals surface area contributed by atoms with Gasteiger partial charge in [-0.15, -0.1) is 0 Å². The van der Waals surface area contributed by atoms with Crippen molar-refractivity contribution in [2.45, 2.75) is 44.9 Å². The Labute approximate surface area is 112 Å². The zero-order chi connectivity index (χ0) is 12.2. The van der Waals surface area contributed by atoms with E-state index in [1.807, 2.05) is 6.07 Å². The van der Waals surface area contributed by atoms with Crippen molar-refractivity contribution in [3.05, 3.63) is 27.2 Å². The Bertz CT molecular complexity index is 534. The van der Waals surface area contributed by atoms with Crippen molar-refractivity contribution in [3.8, 4) is 0 Å². The number of nitrogens with zero attached hydrogens (tertiary/aromatic N) is 1. The van der Waals surface area contributed by atoms with Crippen molar-refractivity contribution < 1.29 is 0 Å². The van der Waals surface area contributed by atoms with Gasteiger partial charge in [-0.2, -0.15) is 0 Å². The lowest BCUT2D eigenvalue weighted by atomic mass is 9.69. The third kappa shape index (κ3) is 1.49. The molecule has 1 heterocycles. The summed E-state index contributed by atoms with van der Waals surface area (Å²) in [6, 6.07) is 1.97. The van der Waals surface area contributed by atoms with Gasteiger partial charge in [0.25, 0.3) is 0 Å². The second kappa shape index (κ2) is 3.73. The van der Waals surface area contributed by atoms with Crippen LogP contribution in [-0.4, -0.2) is 5.71 Å². The van der Waals surface area contributed by atoms with Gasteiger partial charge in [-0.25, -0.2) is 0 Å². The second-order valence-electron chi connectivity index (χ2n) is 5.31. The Balaban J connectivity index is 2.29. The van der Waals surface area contributed by atoms with Gasteiger partial charge in [0.05, 0.1) is 15.7 Å². The normalized spacial score (nSPS) is 26.5. The van der Waals surface area contributed by atoms with Crippen LogP contribution in [0.4, 0.5) is 5.69 Å². The van der Waals surface area contributed by atoms with Crippen molar-refractivity contribution in [2.75, 3.05) is 0 Å². The molecule has 1 aliphatic heterocycles. The molecule has 3 heteroatoms. The number of benzene rings is 1. The fourth-order valence-corrected chi connectivity index (χ4v) is 3.76. The number of halogens is 2. The molecule has 2 aliphatic rings. The van der Waals surface area contributed by atoms with E-state index in [0.717, 1.165) is 12.1 Å². The molecular formula is C14H15Cl2N. The van der Waals surface area contributed by atoms with E-state index < -0.39 is 0 Å². The molecule has 1 saturated carbocycles. The summed E-state index contributed by atoms with van der Waals surface area (Å²) in [7, 11) is 0. The predicted molar refractivity (Wildman–Crippen MR) is 74.1 cm³/mol. The van der Waals surface area contributed by atoms with E-state index in [0.29, 0.717) is 10.0 Å². The average molecular weight is 268 g/mol. The summed E-state index contributed by atoms with van der Waals surface area (Å²) in [5.41, 5.74) is 4.85. The zero-order valence-electron chi connectivity index (χ0n) is 10.1. The van der Waals surface area contributed by atoms with Crippen LogP contribution in [0.5, 0.6) is 0 Å². The van der Waals surface area contributed by atoms with Crippen LogP contribution in [0.15, 0.2) is 11.1 Å². The maximum Gasteiger partial charge on any atom is 0.0874 e. The van der Waals surface area contributed by atoms with E-state index in [9.17, 15) is 0 Å². The number of fused-ring (bicyclic) bond motifs is 3. The number of hydrogen-bond acceptors (Lipinski definition) is 1. The van der Waals surface area contributed by atoms with Gasteiger partial charge in [-0.3, -0.25) is 4.99 Å². The van der Waals surface area contributed by atoms with Crippen molar-refractivity contribution in [2.24, 2.45) is 4.99 Å². The fourth-order valence-electron chi connectivity index (χ4n) is 3.31. The van der Waals surface area contributed by atoms with Crippen LogP contribution < -0.4 is 0 Å². The number of aliphatic imine (C=N–C) groups is 1. The summed E-state index contributed by atoms with van der Waals surface area (Å²) in [5.74, 6) is 0. The molecule has 0 amide bonds. The molecule has 1 aromatic carbocycles. The molecule has 17 heavy (non-hydrogen) atoms. The molecule has 1 aromatic rings. The molecule has 1 aliphatic carbocycles. The first kappa shape index (κ1) is 11.6. The maximum absolute atomic E-state index is 6.30. The Hall–Kier alpha value is -0.530. The molecule has 1 atom stereocenters. The Morgan fingerprint density at radius 2 is 2.06 bits per heavy atom. The van der Waals surface area contributed by atoms with Crippen LogP contribution in [0.1, 0.15) is 43.7 Å². The van der Waals surface area contributed by atoms with Gasteiger partial charge in [0.15, 0.2) is 0 Å². The molecule has 1 fully saturated rings. The molecule has 1 unspecified atom stereocenters. The van der Waals surface area contributed by atoms with E-state index in [1.54, 1.807) is 0 Å². The van der Waals surface area contributed by atoms with E-state index in [1.165, 1.54) is 36.1 Å². The standard InChI is InChI=1S/C14H15Cl2N/c1-8-7-9(15)12(16)13-11(8)14(2)6-4-3-5-10(14)17-13/h7H,3-6H2,1-2H3. The van der Waals surface area contributed by atoms with Gasteiger partial charge in [0.2, 0.25) is 0 Å². The summed E-state index contributed by atoms with van der Waals surface area (Å²) in [4.78, 5) is 4.77. The quantitative estimate of drug-likeness (QED) is 0.611. The largest absolute Gasteiger partial charge is 0.255 e. The lowest BCUT2D eigenvalue weighted by molar-refractivity contribution is 0.496. The summed E-state index contributed by atoms with van der Waals surface area (Å²) < 4.78 is 0. The van der Waals surface area contributed by atoms with E-state index in [2.05, 4.69) is 13.8 Å². The fraction of sp³-hybridized carbons (Fsp3) is 0.500. The SMILES string of the molecule is Cc1cc(Cl)c(Cl)c2c1C1(C)CCCCC1=N2. The molecule has 0 bridgehead atoms. The van der Waals surface area contributed by atoms with Gasteiger partial charge >= 0.3 is 0 Å². The summed E-state index contributed by atoms with van der Waals surface area (Å²) in [6.07, 6.45) is 4.79. The summed E-state index contributed by atoms with van der Waals surface area (Å²) >= 11 is 12.4. The highest BCUT2D eigenvalue weighted by Gasteiger charge is 2.42. The van der Waals surface area contributed by atoms with Gasteiger partial charge < -0.3 is 0 Å². The highest BCUT2D eigenvalue weighted by Crippen LogP contribution is 2.52. The van der Waals surface area contributed by atoms with Gasteiger partial charge in [-0.05, 0) is 43.4 Å². The Morgan fingerprint density at radius 3 is 2.82 bits per heavy atom. The molecule has 0 radical (unpaired) electrons. The van der Waals surface area contributed by atoms with Gasteiger partial charge in [0.1, 0.15) is 0 Å². The topological polar surface area (TPSA) is 12.4 Å². The molecular weight excluding hydrogens is 253 g/mol. The predicted octanol–water partition coefficient (Wildman–Crippen LogP) is 5.22. The van der Waals surface area contributed by atoms with E-state index in [4.69, 9.17) is 28.2 Å². The minimum atomic E-state index is 0.103. The first-order valence-corrected chi connectivity index (χ1v) is 6.87. The van der Waals surface area contributed by atoms with E-state index >= 15 is 0 Å². The Morgan fingerprint density at radius 1 is 1.29 bits per heavy atom. The highest BCUT2D eigenvalue weighted by molar-refractivity contribution is 6.44. The molecule has 0 spiro atoms. The third-order valence-electron chi connectivity index (χ3n) is 4.17. The van der Waals surface area contributed by atoms with Crippen LogP contribution in [0.3, 0.4) is 0 Å². The molecule has 90 valence electrons. The summed E-state index contributed by atoms with van der Waals surface area (Å²) in [5, 5.41) is 1.24. The molecule has 0 saturated heterocycles. The van der Waals surface area contributed by atoms with Crippen LogP contribution in [0.25, 0.3) is 0 Å². The molecule has 1 nitrogen and oxygen atoms in total. The van der Waals surface area contributed by atoms with Crippen molar-refractivity contribution in [3.63, 3.8) is 0 Å². The van der Waals surface area contributed by atoms with Gasteiger partial charge in [0, 0.05) is 11.1 Å². The zero-order valence-corrected chi connectivity index (χ0v) is 11.6. The summed E-state index contributed by atoms with van der Waals surface area (Å²) in [6.45, 7) is 4.41. The van der Waals surface area contributed by atoms with E-state index in [-0.39, 0.29) is 5.41 Å². The number of hydrogen-bond donors (Lipinski definition) is 0. The van der Waals surface area contributed by atoms with Gasteiger partial charge in [-0.1, -0.05) is 36.5 Å². The van der Waals surface area contributed by atoms with Crippen LogP contribution in [-0.2, 0) is 5.41 Å². The minimum absolute atomic E-state index is 0.103. The monoisotopic (exact) mass is 267 g/mol. The maximum atomic E-state index is 6.30. The molecule has 0 aromatic heterocycles. The third-order valence-corrected chi connectivity index (χ3v) is 4.95. The first-order chi connectivity index (χ1) is 8.04. The lowest BCUT2D eigenvalue weighted by Gasteiger charge is -2.33.